The highest BCUT2D eigenvalue weighted by atomic mass is 16.5. The molecule has 1 unspecified atom stereocenters. The maximum Gasteiger partial charge on any atom is 0.334 e. The first kappa shape index (κ1) is 13.0. The van der Waals surface area contributed by atoms with Crippen LogP contribution in [-0.2, 0) is 16.1 Å². The first-order valence-corrected chi connectivity index (χ1v) is 6.64. The van der Waals surface area contributed by atoms with Crippen LogP contribution < -0.4 is 0 Å². The van der Waals surface area contributed by atoms with E-state index in [0.717, 1.165) is 23.1 Å². The molecule has 0 spiro atoms. The number of carboxylic acid groups (broad SMARTS) is 1. The van der Waals surface area contributed by atoms with Gasteiger partial charge in [-0.25, -0.2) is 4.79 Å². The minimum atomic E-state index is -0.902. The Hall–Kier alpha value is -1.98. The molecule has 1 aliphatic rings. The molecule has 0 aliphatic carbocycles. The van der Waals surface area contributed by atoms with Gasteiger partial charge in [0, 0.05) is 25.0 Å². The van der Waals surface area contributed by atoms with Crippen molar-refractivity contribution >= 4 is 16.9 Å². The van der Waals surface area contributed by atoms with Gasteiger partial charge in [-0.05, 0) is 12.1 Å². The van der Waals surface area contributed by atoms with E-state index in [-0.39, 0.29) is 0 Å². The van der Waals surface area contributed by atoms with Crippen molar-refractivity contribution in [2.45, 2.75) is 12.6 Å². The highest BCUT2D eigenvalue weighted by Gasteiger charge is 2.26. The van der Waals surface area contributed by atoms with Crippen molar-refractivity contribution < 1.29 is 14.6 Å². The summed E-state index contributed by atoms with van der Waals surface area (Å²) < 4.78 is 5.22. The monoisotopic (exact) mass is 272 g/mol. The summed E-state index contributed by atoms with van der Waals surface area (Å²) in [6.07, 6.45) is -0.732. The van der Waals surface area contributed by atoms with Crippen molar-refractivity contribution in [3.63, 3.8) is 0 Å². The number of nitrogens with zero attached hydrogens (tertiary/aromatic N) is 2. The lowest BCUT2D eigenvalue weighted by molar-refractivity contribution is -0.156. The summed E-state index contributed by atoms with van der Waals surface area (Å²) in [5, 5.41) is 10.1. The van der Waals surface area contributed by atoms with Crippen molar-refractivity contribution in [3.8, 4) is 0 Å². The number of rotatable bonds is 3. The fraction of sp³-hybridized carbons (Fsp3) is 0.333. The number of aromatic nitrogens is 1. The van der Waals surface area contributed by atoms with Gasteiger partial charge in [0.2, 0.25) is 0 Å². The summed E-state index contributed by atoms with van der Waals surface area (Å²) in [6.45, 7) is 2.24. The van der Waals surface area contributed by atoms with Crippen LogP contribution in [0, 0.1) is 0 Å². The third kappa shape index (κ3) is 2.79. The highest BCUT2D eigenvalue weighted by Crippen LogP contribution is 2.14. The van der Waals surface area contributed by atoms with Crippen LogP contribution in [0.25, 0.3) is 10.9 Å². The first-order valence-electron chi connectivity index (χ1n) is 6.64. The zero-order valence-corrected chi connectivity index (χ0v) is 11.0. The van der Waals surface area contributed by atoms with Crippen molar-refractivity contribution in [1.29, 1.82) is 0 Å². The largest absolute Gasteiger partial charge is 0.479 e. The van der Waals surface area contributed by atoms with E-state index >= 15 is 0 Å². The van der Waals surface area contributed by atoms with Crippen LogP contribution in [0.1, 0.15) is 5.69 Å². The van der Waals surface area contributed by atoms with Gasteiger partial charge in [0.1, 0.15) is 0 Å². The normalized spacial score (nSPS) is 20.1. The predicted octanol–water partition coefficient (Wildman–Crippen LogP) is 1.52. The smallest absolute Gasteiger partial charge is 0.334 e. The van der Waals surface area contributed by atoms with Crippen molar-refractivity contribution in [1.82, 2.24) is 9.88 Å². The van der Waals surface area contributed by atoms with Gasteiger partial charge < -0.3 is 9.84 Å². The molecule has 0 bridgehead atoms. The van der Waals surface area contributed by atoms with Crippen molar-refractivity contribution in [2.24, 2.45) is 0 Å². The Morgan fingerprint density at radius 2 is 2.20 bits per heavy atom. The zero-order valence-electron chi connectivity index (χ0n) is 11.0. The fourth-order valence-electron chi connectivity index (χ4n) is 2.42. The molecule has 1 aromatic carbocycles. The Bertz CT molecular complexity index is 629. The van der Waals surface area contributed by atoms with Gasteiger partial charge in [-0.2, -0.15) is 0 Å². The molecule has 2 heterocycles. The zero-order chi connectivity index (χ0) is 13.9. The fourth-order valence-corrected chi connectivity index (χ4v) is 2.42. The maximum absolute atomic E-state index is 11.0. The Morgan fingerprint density at radius 3 is 3.05 bits per heavy atom. The molecule has 1 aliphatic heterocycles. The molecule has 5 nitrogen and oxygen atoms in total. The number of para-hydroxylation sites is 1. The molecule has 0 radical (unpaired) electrons. The highest BCUT2D eigenvalue weighted by molar-refractivity contribution is 5.78. The third-order valence-electron chi connectivity index (χ3n) is 3.47. The number of fused-ring (bicyclic) bond motifs is 1. The quantitative estimate of drug-likeness (QED) is 0.918. The number of benzene rings is 1. The second-order valence-corrected chi connectivity index (χ2v) is 4.93. The summed E-state index contributed by atoms with van der Waals surface area (Å²) in [4.78, 5) is 17.6. The van der Waals surface area contributed by atoms with Crippen LogP contribution in [0.2, 0.25) is 0 Å². The van der Waals surface area contributed by atoms with Crippen LogP contribution in [-0.4, -0.2) is 46.8 Å². The van der Waals surface area contributed by atoms with E-state index in [2.05, 4.69) is 9.88 Å². The van der Waals surface area contributed by atoms with Gasteiger partial charge >= 0.3 is 5.97 Å². The summed E-state index contributed by atoms with van der Waals surface area (Å²) in [5.41, 5.74) is 1.92. The lowest BCUT2D eigenvalue weighted by atomic mass is 10.2. The summed E-state index contributed by atoms with van der Waals surface area (Å²) in [7, 11) is 0. The standard InChI is InChI=1S/C15H16N2O3/c18-15(19)14-10-17(7-8-20-14)9-12-6-5-11-3-1-2-4-13(11)16-12/h1-6,14H,7-10H2,(H,18,19). The maximum atomic E-state index is 11.0. The van der Waals surface area contributed by atoms with Crippen LogP contribution in [0.5, 0.6) is 0 Å². The number of carboxylic acids is 1. The lowest BCUT2D eigenvalue weighted by Crippen LogP contribution is -2.45. The summed E-state index contributed by atoms with van der Waals surface area (Å²) in [5.74, 6) is -0.902. The SMILES string of the molecule is O=C(O)C1CN(Cc2ccc3ccccc3n2)CCO1. The summed E-state index contributed by atoms with van der Waals surface area (Å²) in [6, 6.07) is 12.0. The van der Waals surface area contributed by atoms with E-state index in [1.165, 1.54) is 0 Å². The van der Waals surface area contributed by atoms with Gasteiger partial charge in [0.05, 0.1) is 17.8 Å². The number of carbonyl (C=O) groups is 1. The summed E-state index contributed by atoms with van der Waals surface area (Å²) >= 11 is 0. The van der Waals surface area contributed by atoms with Gasteiger partial charge in [-0.1, -0.05) is 24.3 Å². The minimum Gasteiger partial charge on any atom is -0.479 e. The van der Waals surface area contributed by atoms with E-state index in [9.17, 15) is 4.79 Å². The molecule has 0 saturated carbocycles. The van der Waals surface area contributed by atoms with Crippen LogP contribution in [0.3, 0.4) is 0 Å². The molecule has 1 fully saturated rings. The Balaban J connectivity index is 1.74. The third-order valence-corrected chi connectivity index (χ3v) is 3.47. The number of hydrogen-bond donors (Lipinski definition) is 1. The topological polar surface area (TPSA) is 62.7 Å². The predicted molar refractivity (Wildman–Crippen MR) is 74.4 cm³/mol. The molecular weight excluding hydrogens is 256 g/mol. The van der Waals surface area contributed by atoms with E-state index < -0.39 is 12.1 Å². The van der Waals surface area contributed by atoms with E-state index in [4.69, 9.17) is 9.84 Å². The van der Waals surface area contributed by atoms with Gasteiger partial charge in [0.25, 0.3) is 0 Å². The Kier molecular flexibility index (Phi) is 3.62. The minimum absolute atomic E-state index is 0.407. The Labute approximate surface area is 116 Å². The second-order valence-electron chi connectivity index (χ2n) is 4.93. The average Bonchev–Trinajstić information content (AvgIpc) is 2.47. The van der Waals surface area contributed by atoms with Crippen molar-refractivity contribution in [3.05, 3.63) is 42.1 Å². The van der Waals surface area contributed by atoms with E-state index in [1.807, 2.05) is 36.4 Å². The van der Waals surface area contributed by atoms with E-state index in [0.29, 0.717) is 19.7 Å². The molecular formula is C15H16N2O3. The van der Waals surface area contributed by atoms with E-state index in [1.54, 1.807) is 0 Å². The van der Waals surface area contributed by atoms with Crippen LogP contribution in [0.4, 0.5) is 0 Å². The molecule has 5 heteroatoms. The molecule has 1 N–H and O–H groups in total. The molecule has 2 aromatic rings. The van der Waals surface area contributed by atoms with Crippen molar-refractivity contribution in [2.75, 3.05) is 19.7 Å². The number of aliphatic carboxylic acids is 1. The average molecular weight is 272 g/mol. The Morgan fingerprint density at radius 1 is 1.35 bits per heavy atom. The number of ether oxygens (including phenoxy) is 1. The number of morpholine rings is 1. The molecule has 1 aromatic heterocycles. The van der Waals surface area contributed by atoms with Crippen LogP contribution in [0.15, 0.2) is 36.4 Å². The molecule has 1 saturated heterocycles. The van der Waals surface area contributed by atoms with Gasteiger partial charge in [0.15, 0.2) is 6.10 Å². The van der Waals surface area contributed by atoms with Gasteiger partial charge in [-0.15, -0.1) is 0 Å². The second kappa shape index (κ2) is 5.56. The number of hydrogen-bond acceptors (Lipinski definition) is 4. The first-order chi connectivity index (χ1) is 9.72. The van der Waals surface area contributed by atoms with Crippen LogP contribution >= 0.6 is 0 Å². The molecule has 1 atom stereocenters. The lowest BCUT2D eigenvalue weighted by Gasteiger charge is -2.30. The molecule has 0 amide bonds. The van der Waals surface area contributed by atoms with Gasteiger partial charge in [-0.3, -0.25) is 9.88 Å². The molecule has 104 valence electrons. The molecule has 3 rings (SSSR count). The molecule has 20 heavy (non-hydrogen) atoms. The number of pyridine rings is 1.